The van der Waals surface area contributed by atoms with E-state index in [4.69, 9.17) is 5.21 Å². The topological polar surface area (TPSA) is 52.8 Å². The van der Waals surface area contributed by atoms with Gasteiger partial charge < -0.3 is 10.3 Å². The van der Waals surface area contributed by atoms with Gasteiger partial charge in [0.2, 0.25) is 0 Å². The third-order valence-electron chi connectivity index (χ3n) is 3.60. The molecule has 1 unspecified atom stereocenters. The van der Waals surface area contributed by atoms with Crippen molar-refractivity contribution in [1.82, 2.24) is 0 Å². The first-order valence-electron chi connectivity index (χ1n) is 5.93. The van der Waals surface area contributed by atoms with Gasteiger partial charge >= 0.3 is 12.4 Å². The van der Waals surface area contributed by atoms with Crippen LogP contribution in [0.25, 0.3) is 0 Å². The maximum absolute atomic E-state index is 13.0. The van der Waals surface area contributed by atoms with Crippen LogP contribution in [0.15, 0.2) is 16.8 Å². The quantitative estimate of drug-likeness (QED) is 0.440. The minimum absolute atomic E-state index is 0.106. The smallest absolute Gasteiger partial charge is 0.411 e. The Morgan fingerprint density at radius 3 is 1.90 bits per heavy atom. The highest BCUT2D eigenvalue weighted by Gasteiger charge is 2.76. The predicted octanol–water partition coefficient (Wildman–Crippen LogP) is 3.66. The molecule has 1 aliphatic rings. The number of hydrogen-bond donors (Lipinski definition) is 2. The van der Waals surface area contributed by atoms with Gasteiger partial charge in [-0.2, -0.15) is 26.3 Å². The molecule has 0 aliphatic heterocycles. The lowest BCUT2D eigenvalue weighted by atomic mass is 9.61. The fraction of sp³-hybridized carbons (Fsp3) is 0.750. The zero-order valence-corrected chi connectivity index (χ0v) is 11.5. The molecule has 0 aromatic rings. The monoisotopic (exact) mass is 319 g/mol. The van der Waals surface area contributed by atoms with Gasteiger partial charge in [-0.15, -0.1) is 0 Å². The predicted molar refractivity (Wildman–Crippen MR) is 61.9 cm³/mol. The van der Waals surface area contributed by atoms with E-state index < -0.39 is 35.0 Å². The van der Waals surface area contributed by atoms with Crippen LogP contribution in [0.3, 0.4) is 0 Å². The summed E-state index contributed by atoms with van der Waals surface area (Å²) in [6.07, 6.45) is -11.1. The van der Waals surface area contributed by atoms with Gasteiger partial charge in [0.25, 0.3) is 5.60 Å². The molecule has 2 N–H and O–H groups in total. The van der Waals surface area contributed by atoms with Crippen LogP contribution in [0, 0.1) is 11.3 Å². The number of halogens is 6. The van der Waals surface area contributed by atoms with Gasteiger partial charge in [-0.3, -0.25) is 0 Å². The molecule has 3 nitrogen and oxygen atoms in total. The summed E-state index contributed by atoms with van der Waals surface area (Å²) in [5.74, 6) is -2.47. The Kier molecular flexibility index (Phi) is 4.15. The second-order valence-electron chi connectivity index (χ2n) is 5.88. The van der Waals surface area contributed by atoms with Crippen LogP contribution < -0.4 is 0 Å². The lowest BCUT2D eigenvalue weighted by Gasteiger charge is -2.47. The summed E-state index contributed by atoms with van der Waals surface area (Å²) in [7, 11) is 0. The second-order valence-corrected chi connectivity index (χ2v) is 5.88. The van der Waals surface area contributed by atoms with Crippen molar-refractivity contribution < 1.29 is 36.7 Å². The molecule has 122 valence electrons. The van der Waals surface area contributed by atoms with Gasteiger partial charge in [0, 0.05) is 0 Å². The fourth-order valence-corrected chi connectivity index (χ4v) is 2.96. The molecule has 9 heteroatoms. The molecule has 1 rings (SSSR count). The molecule has 0 spiro atoms. The van der Waals surface area contributed by atoms with Crippen LogP contribution in [0.1, 0.15) is 27.2 Å². The molecule has 0 saturated heterocycles. The average molecular weight is 319 g/mol. The summed E-state index contributed by atoms with van der Waals surface area (Å²) in [6, 6.07) is 0. The van der Waals surface area contributed by atoms with Gasteiger partial charge in [-0.1, -0.05) is 24.6 Å². The normalized spacial score (nSPS) is 25.9. The Labute approximate surface area is 116 Å². The molecule has 0 bridgehead atoms. The largest absolute Gasteiger partial charge is 0.426 e. The van der Waals surface area contributed by atoms with Crippen LogP contribution in [-0.4, -0.2) is 34.0 Å². The summed E-state index contributed by atoms with van der Waals surface area (Å²) in [5.41, 5.74) is -7.00. The minimum atomic E-state index is -5.97. The number of alkyl halides is 6. The average Bonchev–Trinajstić information content (AvgIpc) is 2.22. The van der Waals surface area contributed by atoms with Crippen LogP contribution in [-0.2, 0) is 0 Å². The highest BCUT2D eigenvalue weighted by Crippen LogP contribution is 2.55. The highest BCUT2D eigenvalue weighted by atomic mass is 19.4. The first kappa shape index (κ1) is 17.8. The van der Waals surface area contributed by atoms with Crippen LogP contribution >= 0.6 is 0 Å². The number of oxime groups is 1. The lowest BCUT2D eigenvalue weighted by Crippen LogP contribution is -2.67. The number of hydrogen-bond acceptors (Lipinski definition) is 3. The zero-order chi connectivity index (χ0) is 16.9. The number of aliphatic hydroxyl groups is 1. The molecule has 0 amide bonds. The minimum Gasteiger partial charge on any atom is -0.411 e. The third kappa shape index (κ3) is 2.75. The molecule has 0 radical (unpaired) electrons. The highest BCUT2D eigenvalue weighted by molar-refractivity contribution is 5.99. The van der Waals surface area contributed by atoms with Gasteiger partial charge in [0.15, 0.2) is 0 Å². The molecule has 0 fully saturated rings. The summed E-state index contributed by atoms with van der Waals surface area (Å²) >= 11 is 0. The molecule has 1 atom stereocenters. The molecule has 0 aromatic heterocycles. The van der Waals surface area contributed by atoms with Crippen molar-refractivity contribution >= 4 is 5.71 Å². The van der Waals surface area contributed by atoms with E-state index in [1.807, 2.05) is 0 Å². The Hall–Kier alpha value is -1.25. The first-order valence-corrected chi connectivity index (χ1v) is 5.93. The van der Waals surface area contributed by atoms with Crippen molar-refractivity contribution in [3.05, 3.63) is 11.6 Å². The first-order chi connectivity index (χ1) is 9.18. The van der Waals surface area contributed by atoms with Crippen molar-refractivity contribution in [2.75, 3.05) is 0 Å². The van der Waals surface area contributed by atoms with E-state index in [2.05, 4.69) is 5.16 Å². The number of nitrogens with zero attached hydrogens (tertiary/aromatic N) is 1. The van der Waals surface area contributed by atoms with Crippen LogP contribution in [0.5, 0.6) is 0 Å². The third-order valence-corrected chi connectivity index (χ3v) is 3.60. The molecular formula is C12H15F6NO2. The molecule has 1 aliphatic carbocycles. The maximum atomic E-state index is 13.0. The van der Waals surface area contributed by atoms with Crippen molar-refractivity contribution in [3.8, 4) is 0 Å². The van der Waals surface area contributed by atoms with E-state index in [0.717, 1.165) is 19.9 Å². The van der Waals surface area contributed by atoms with Crippen LogP contribution in [0.2, 0.25) is 0 Å². The summed E-state index contributed by atoms with van der Waals surface area (Å²) < 4.78 is 78.0. The Balaban J connectivity index is 3.64. The molecule has 0 heterocycles. The fourth-order valence-electron chi connectivity index (χ4n) is 2.96. The van der Waals surface area contributed by atoms with Crippen molar-refractivity contribution in [1.29, 1.82) is 0 Å². The summed E-state index contributed by atoms with van der Waals surface area (Å²) in [5, 5.41) is 20.9. The molecule has 0 aromatic carbocycles. The Morgan fingerprint density at radius 1 is 1.14 bits per heavy atom. The van der Waals surface area contributed by atoms with E-state index in [-0.39, 0.29) is 6.42 Å². The van der Waals surface area contributed by atoms with E-state index in [9.17, 15) is 31.4 Å². The van der Waals surface area contributed by atoms with Crippen molar-refractivity contribution in [2.45, 2.75) is 45.1 Å². The Morgan fingerprint density at radius 2 is 1.57 bits per heavy atom. The zero-order valence-electron chi connectivity index (χ0n) is 11.5. The molecule has 21 heavy (non-hydrogen) atoms. The SMILES string of the molecule is CC1=C/C(=N\O)C(C(O)(C(F)(F)F)C(F)(F)F)C(C)(C)C1. The van der Waals surface area contributed by atoms with Gasteiger partial charge in [0.05, 0.1) is 11.6 Å². The maximum Gasteiger partial charge on any atom is 0.426 e. The van der Waals surface area contributed by atoms with E-state index in [1.54, 1.807) is 0 Å². The van der Waals surface area contributed by atoms with E-state index in [1.165, 1.54) is 6.92 Å². The van der Waals surface area contributed by atoms with Crippen molar-refractivity contribution in [3.63, 3.8) is 0 Å². The number of allylic oxidation sites excluding steroid dienone is 2. The molecular weight excluding hydrogens is 304 g/mol. The summed E-state index contributed by atoms with van der Waals surface area (Å²) in [4.78, 5) is 0. The second kappa shape index (κ2) is 4.89. The standard InChI is InChI=1S/C12H15F6NO2/c1-6-4-7(19-21)8(9(2,3)5-6)10(20,11(13,14)15)12(16,17)18/h4,8,20-21H,5H2,1-3H3/b19-7+. The van der Waals surface area contributed by atoms with E-state index >= 15 is 0 Å². The van der Waals surface area contributed by atoms with E-state index in [0.29, 0.717) is 5.57 Å². The lowest BCUT2D eigenvalue weighted by molar-refractivity contribution is -0.385. The molecule has 0 saturated carbocycles. The summed E-state index contributed by atoms with van der Waals surface area (Å²) in [6.45, 7) is 3.80. The Bertz CT molecular complexity index is 461. The number of rotatable bonds is 1. The van der Waals surface area contributed by atoms with Crippen LogP contribution in [0.4, 0.5) is 26.3 Å². The van der Waals surface area contributed by atoms with Gasteiger partial charge in [-0.05, 0) is 24.8 Å². The van der Waals surface area contributed by atoms with Crippen molar-refractivity contribution in [2.24, 2.45) is 16.5 Å². The van der Waals surface area contributed by atoms with Gasteiger partial charge in [-0.25, -0.2) is 0 Å². The van der Waals surface area contributed by atoms with Gasteiger partial charge in [0.1, 0.15) is 0 Å².